The number of aliphatic hydroxyl groups excluding tert-OH is 1. The number of nitrogens with zero attached hydrogens (tertiary/aromatic N) is 2. The number of hydrogen-bond acceptors (Lipinski definition) is 5. The molecule has 20 heavy (non-hydrogen) atoms. The molecule has 2 atom stereocenters. The van der Waals surface area contributed by atoms with E-state index in [1.807, 2.05) is 0 Å². The summed E-state index contributed by atoms with van der Waals surface area (Å²) in [7, 11) is 0. The fourth-order valence-electron chi connectivity index (χ4n) is 2.36. The SMILES string of the molecule is Cc1cn([C@@H]2CN(C(=O)CCN)C[C@H]2O)c(=O)[nH]c1=O. The van der Waals surface area contributed by atoms with Crippen LogP contribution in [-0.4, -0.2) is 51.2 Å². The van der Waals surface area contributed by atoms with E-state index in [1.165, 1.54) is 15.7 Å². The van der Waals surface area contributed by atoms with Crippen molar-refractivity contribution in [2.24, 2.45) is 5.73 Å². The van der Waals surface area contributed by atoms with Crippen molar-refractivity contribution in [3.8, 4) is 0 Å². The normalized spacial score (nSPS) is 22.2. The molecule has 0 aromatic carbocycles. The Balaban J connectivity index is 2.26. The van der Waals surface area contributed by atoms with Gasteiger partial charge in [0.05, 0.1) is 12.1 Å². The highest BCUT2D eigenvalue weighted by Crippen LogP contribution is 2.21. The Kier molecular flexibility index (Phi) is 4.05. The molecule has 4 N–H and O–H groups in total. The van der Waals surface area contributed by atoms with Crippen LogP contribution in [0.3, 0.4) is 0 Å². The Labute approximate surface area is 114 Å². The van der Waals surface area contributed by atoms with Gasteiger partial charge in [-0.3, -0.25) is 19.1 Å². The number of aryl methyl sites for hydroxylation is 1. The molecule has 0 spiro atoms. The topological polar surface area (TPSA) is 121 Å². The number of likely N-dealkylation sites (tertiary alicyclic amines) is 1. The second kappa shape index (κ2) is 5.59. The van der Waals surface area contributed by atoms with Gasteiger partial charge >= 0.3 is 5.69 Å². The molecule has 1 fully saturated rings. The highest BCUT2D eigenvalue weighted by atomic mass is 16.3. The lowest BCUT2D eigenvalue weighted by molar-refractivity contribution is -0.130. The summed E-state index contributed by atoms with van der Waals surface area (Å²) < 4.78 is 1.27. The molecule has 2 rings (SSSR count). The number of H-pyrrole nitrogens is 1. The zero-order valence-electron chi connectivity index (χ0n) is 11.2. The zero-order chi connectivity index (χ0) is 14.9. The van der Waals surface area contributed by atoms with Crippen LogP contribution in [0.2, 0.25) is 0 Å². The van der Waals surface area contributed by atoms with Gasteiger partial charge in [-0.2, -0.15) is 0 Å². The maximum Gasteiger partial charge on any atom is 0.328 e. The molecule has 1 aliphatic heterocycles. The lowest BCUT2D eigenvalue weighted by Gasteiger charge is -2.17. The van der Waals surface area contributed by atoms with E-state index in [1.54, 1.807) is 6.92 Å². The van der Waals surface area contributed by atoms with Gasteiger partial charge in [0.25, 0.3) is 5.56 Å². The van der Waals surface area contributed by atoms with Crippen molar-refractivity contribution in [2.75, 3.05) is 19.6 Å². The molecule has 0 saturated carbocycles. The van der Waals surface area contributed by atoms with Crippen molar-refractivity contribution in [3.63, 3.8) is 0 Å². The number of nitrogens with two attached hydrogens (primary N) is 1. The minimum atomic E-state index is -0.847. The van der Waals surface area contributed by atoms with Crippen LogP contribution in [-0.2, 0) is 4.79 Å². The molecule has 110 valence electrons. The quantitative estimate of drug-likeness (QED) is 0.588. The van der Waals surface area contributed by atoms with E-state index in [-0.39, 0.29) is 32.0 Å². The summed E-state index contributed by atoms with van der Waals surface area (Å²) in [5.74, 6) is -0.150. The Morgan fingerprint density at radius 2 is 2.20 bits per heavy atom. The highest BCUT2D eigenvalue weighted by molar-refractivity contribution is 5.76. The fourth-order valence-corrected chi connectivity index (χ4v) is 2.36. The highest BCUT2D eigenvalue weighted by Gasteiger charge is 2.35. The summed E-state index contributed by atoms with van der Waals surface area (Å²) >= 11 is 0. The van der Waals surface area contributed by atoms with Crippen molar-refractivity contribution in [3.05, 3.63) is 32.6 Å². The number of aromatic amines is 1. The van der Waals surface area contributed by atoms with E-state index >= 15 is 0 Å². The molecule has 1 saturated heterocycles. The minimum Gasteiger partial charge on any atom is -0.389 e. The average Bonchev–Trinajstić information content (AvgIpc) is 2.76. The molecule has 8 nitrogen and oxygen atoms in total. The fraction of sp³-hybridized carbons (Fsp3) is 0.583. The van der Waals surface area contributed by atoms with E-state index in [9.17, 15) is 19.5 Å². The minimum absolute atomic E-state index is 0.150. The Morgan fingerprint density at radius 1 is 1.50 bits per heavy atom. The van der Waals surface area contributed by atoms with Crippen LogP contribution in [0.15, 0.2) is 15.8 Å². The van der Waals surface area contributed by atoms with Crippen LogP contribution in [0, 0.1) is 6.92 Å². The molecule has 8 heteroatoms. The molecule has 2 heterocycles. The smallest absolute Gasteiger partial charge is 0.328 e. The molecular formula is C12H18N4O4. The van der Waals surface area contributed by atoms with E-state index in [2.05, 4.69) is 4.98 Å². The number of β-amino-alcohol motifs (C(OH)–C–C–N with tert-alkyl or cyclic N) is 1. The van der Waals surface area contributed by atoms with E-state index in [0.717, 1.165) is 0 Å². The Hall–Kier alpha value is -1.93. The van der Waals surface area contributed by atoms with Gasteiger partial charge in [-0.1, -0.05) is 0 Å². The summed E-state index contributed by atoms with van der Waals surface area (Å²) in [5, 5.41) is 10.0. The summed E-state index contributed by atoms with van der Waals surface area (Å²) in [6, 6.07) is -0.556. The number of carbonyl (C=O) groups is 1. The van der Waals surface area contributed by atoms with E-state index < -0.39 is 23.4 Å². The number of rotatable bonds is 3. The molecular weight excluding hydrogens is 264 g/mol. The van der Waals surface area contributed by atoms with Gasteiger partial charge < -0.3 is 15.7 Å². The molecule has 1 amide bonds. The van der Waals surface area contributed by atoms with Gasteiger partial charge in [0.2, 0.25) is 5.91 Å². The third-order valence-corrected chi connectivity index (χ3v) is 3.47. The third kappa shape index (κ3) is 2.66. The van der Waals surface area contributed by atoms with Crippen LogP contribution in [0.5, 0.6) is 0 Å². The van der Waals surface area contributed by atoms with E-state index in [4.69, 9.17) is 5.73 Å². The lowest BCUT2D eigenvalue weighted by atomic mass is 10.2. The standard InChI is InChI=1S/C12H18N4O4/c1-7-4-16(12(20)14-11(7)19)8-5-15(6-9(8)17)10(18)2-3-13/h4,8-9,17H,2-3,5-6,13H2,1H3,(H,14,19,20)/t8-,9-/m1/s1. The molecule has 0 unspecified atom stereocenters. The van der Waals surface area contributed by atoms with Crippen LogP contribution in [0.4, 0.5) is 0 Å². The monoisotopic (exact) mass is 282 g/mol. The summed E-state index contributed by atoms with van der Waals surface area (Å²) in [5.41, 5.74) is 4.68. The maximum absolute atomic E-state index is 11.8. The third-order valence-electron chi connectivity index (χ3n) is 3.47. The number of aromatic nitrogens is 2. The van der Waals surface area contributed by atoms with E-state index in [0.29, 0.717) is 5.56 Å². The average molecular weight is 282 g/mol. The predicted octanol–water partition coefficient (Wildman–Crippen LogP) is -2.06. The summed E-state index contributed by atoms with van der Waals surface area (Å²) in [6.07, 6.45) is 0.769. The molecule has 1 aromatic rings. The number of aliphatic hydroxyl groups is 1. The van der Waals surface area contributed by atoms with Crippen molar-refractivity contribution >= 4 is 5.91 Å². The first-order valence-corrected chi connectivity index (χ1v) is 6.42. The lowest BCUT2D eigenvalue weighted by Crippen LogP contribution is -2.37. The first kappa shape index (κ1) is 14.5. The van der Waals surface area contributed by atoms with Crippen molar-refractivity contribution in [2.45, 2.75) is 25.5 Å². The van der Waals surface area contributed by atoms with Gasteiger partial charge in [0.1, 0.15) is 0 Å². The number of carbonyl (C=O) groups excluding carboxylic acids is 1. The summed E-state index contributed by atoms with van der Waals surface area (Å²) in [4.78, 5) is 38.6. The molecule has 1 aliphatic rings. The second-order valence-corrected chi connectivity index (χ2v) is 4.95. The number of amides is 1. The van der Waals surface area contributed by atoms with Crippen molar-refractivity contribution < 1.29 is 9.90 Å². The van der Waals surface area contributed by atoms with Gasteiger partial charge in [-0.15, -0.1) is 0 Å². The first-order chi connectivity index (χ1) is 9.43. The molecule has 0 bridgehead atoms. The molecule has 1 aromatic heterocycles. The number of nitrogens with one attached hydrogen (secondary N) is 1. The van der Waals surface area contributed by atoms with Gasteiger partial charge in [-0.25, -0.2) is 4.79 Å². The van der Waals surface area contributed by atoms with Crippen LogP contribution >= 0.6 is 0 Å². The van der Waals surface area contributed by atoms with Gasteiger partial charge in [-0.05, 0) is 6.92 Å². The Morgan fingerprint density at radius 3 is 2.85 bits per heavy atom. The van der Waals surface area contributed by atoms with Crippen LogP contribution in [0.1, 0.15) is 18.0 Å². The maximum atomic E-state index is 11.8. The van der Waals surface area contributed by atoms with Crippen molar-refractivity contribution in [1.82, 2.24) is 14.5 Å². The molecule has 0 radical (unpaired) electrons. The Bertz CT molecular complexity index is 621. The zero-order valence-corrected chi connectivity index (χ0v) is 11.2. The largest absolute Gasteiger partial charge is 0.389 e. The van der Waals surface area contributed by atoms with Gasteiger partial charge in [0.15, 0.2) is 0 Å². The van der Waals surface area contributed by atoms with Crippen LogP contribution < -0.4 is 17.0 Å². The second-order valence-electron chi connectivity index (χ2n) is 4.95. The number of hydrogen-bond donors (Lipinski definition) is 3. The van der Waals surface area contributed by atoms with Crippen molar-refractivity contribution in [1.29, 1.82) is 0 Å². The summed E-state index contributed by atoms with van der Waals surface area (Å²) in [6.45, 7) is 2.21. The van der Waals surface area contributed by atoms with Crippen LogP contribution in [0.25, 0.3) is 0 Å². The van der Waals surface area contributed by atoms with Gasteiger partial charge in [0, 0.05) is 37.8 Å². The first-order valence-electron chi connectivity index (χ1n) is 6.42. The molecule has 0 aliphatic carbocycles. The predicted molar refractivity (Wildman–Crippen MR) is 71.4 cm³/mol.